The Bertz CT molecular complexity index is 1510. The average Bonchev–Trinajstić information content (AvgIpc) is 2.99. The number of carbonyl (C=O) groups is 2. The van der Waals surface area contributed by atoms with Gasteiger partial charge in [-0.25, -0.2) is 8.42 Å². The molecule has 4 rings (SSSR count). The minimum Gasteiger partial charge on any atom is -0.352 e. The first-order valence-corrected chi connectivity index (χ1v) is 17.7. The molecular formula is C34H41Cl2N3O4S. The van der Waals surface area contributed by atoms with Crippen LogP contribution in [-0.4, -0.2) is 50.0 Å². The average molecular weight is 659 g/mol. The summed E-state index contributed by atoms with van der Waals surface area (Å²) < 4.78 is 26.8. The van der Waals surface area contributed by atoms with Gasteiger partial charge in [-0.15, -0.1) is 0 Å². The minimum absolute atomic E-state index is 0.0297. The number of para-hydroxylation sites is 1. The molecule has 2 amide bonds. The van der Waals surface area contributed by atoms with E-state index >= 15 is 0 Å². The van der Waals surface area contributed by atoms with Crippen LogP contribution in [0.5, 0.6) is 0 Å². The highest BCUT2D eigenvalue weighted by molar-refractivity contribution is 7.92. The van der Waals surface area contributed by atoms with Crippen molar-refractivity contribution >= 4 is 50.7 Å². The summed E-state index contributed by atoms with van der Waals surface area (Å²) in [5.74, 6) is -0.492. The van der Waals surface area contributed by atoms with Crippen LogP contribution in [0.3, 0.4) is 0 Å². The van der Waals surface area contributed by atoms with Gasteiger partial charge in [0.15, 0.2) is 0 Å². The SMILES string of the molecule is Cc1ccccc1N(CCCC(=O)N(Cc1c(Cl)cccc1Cl)[C@@H](Cc1ccccc1)C(=O)NC1CCCCC1)S(C)(=O)=O. The molecule has 0 radical (unpaired) electrons. The summed E-state index contributed by atoms with van der Waals surface area (Å²) in [7, 11) is -3.60. The maximum absolute atomic E-state index is 14.1. The van der Waals surface area contributed by atoms with E-state index < -0.39 is 16.1 Å². The number of nitrogens with zero attached hydrogens (tertiary/aromatic N) is 2. The molecule has 1 aliphatic carbocycles. The van der Waals surface area contributed by atoms with Crippen LogP contribution in [0.1, 0.15) is 61.6 Å². The van der Waals surface area contributed by atoms with E-state index in [0.29, 0.717) is 27.7 Å². The van der Waals surface area contributed by atoms with Gasteiger partial charge in [0, 0.05) is 47.6 Å². The fraction of sp³-hybridized carbons (Fsp3) is 0.412. The number of amides is 2. The van der Waals surface area contributed by atoms with Crippen LogP contribution in [0, 0.1) is 6.92 Å². The number of hydrogen-bond acceptors (Lipinski definition) is 4. The summed E-state index contributed by atoms with van der Waals surface area (Å²) in [4.78, 5) is 29.7. The van der Waals surface area contributed by atoms with Crippen molar-refractivity contribution < 1.29 is 18.0 Å². The van der Waals surface area contributed by atoms with Crippen molar-refractivity contribution in [1.29, 1.82) is 0 Å². The summed E-state index contributed by atoms with van der Waals surface area (Å²) in [6.07, 6.45) is 6.86. The fourth-order valence-corrected chi connectivity index (χ4v) is 7.32. The van der Waals surface area contributed by atoms with Gasteiger partial charge in [-0.1, -0.05) is 97.1 Å². The Kier molecular flexibility index (Phi) is 12.1. The number of aryl methyl sites for hydroxylation is 1. The van der Waals surface area contributed by atoms with E-state index in [9.17, 15) is 18.0 Å². The van der Waals surface area contributed by atoms with Crippen molar-refractivity contribution in [3.63, 3.8) is 0 Å². The van der Waals surface area contributed by atoms with Gasteiger partial charge in [0.1, 0.15) is 6.04 Å². The molecule has 3 aromatic carbocycles. The number of nitrogens with one attached hydrogen (secondary N) is 1. The quantitative estimate of drug-likeness (QED) is 0.216. The third-order valence-corrected chi connectivity index (χ3v) is 10.0. The van der Waals surface area contributed by atoms with Crippen LogP contribution in [0.2, 0.25) is 10.0 Å². The molecule has 1 aliphatic rings. The Morgan fingerprint density at radius 3 is 2.18 bits per heavy atom. The summed E-state index contributed by atoms with van der Waals surface area (Å²) in [6, 6.07) is 21.3. The van der Waals surface area contributed by atoms with Crippen molar-refractivity contribution in [1.82, 2.24) is 10.2 Å². The van der Waals surface area contributed by atoms with Crippen LogP contribution in [0.15, 0.2) is 72.8 Å². The maximum atomic E-state index is 14.1. The second kappa shape index (κ2) is 15.8. The Hall–Kier alpha value is -3.07. The highest BCUT2D eigenvalue weighted by atomic mass is 35.5. The third-order valence-electron chi connectivity index (χ3n) is 8.15. The third kappa shape index (κ3) is 9.22. The molecule has 0 unspecified atom stereocenters. The Morgan fingerprint density at radius 1 is 0.909 bits per heavy atom. The molecule has 0 aliphatic heterocycles. The lowest BCUT2D eigenvalue weighted by Gasteiger charge is -2.34. The number of benzene rings is 3. The molecule has 1 fully saturated rings. The van der Waals surface area contributed by atoms with E-state index in [1.165, 1.54) is 10.6 Å². The minimum atomic E-state index is -3.60. The standard InChI is InChI=1S/C34H41Cl2N3O4S/c1-25-13-9-10-20-31(25)39(44(2,42)43)22-12-21-33(40)38(24-28-29(35)18-11-19-30(28)36)32(23-26-14-5-3-6-15-26)34(41)37-27-16-7-4-8-17-27/h3,5-6,9-11,13-15,18-20,27,32H,4,7-8,12,16-17,21-24H2,1-2H3,(H,37,41)/t32-/m0/s1. The molecule has 0 spiro atoms. The number of halogens is 2. The lowest BCUT2D eigenvalue weighted by Crippen LogP contribution is -2.53. The van der Waals surface area contributed by atoms with Crippen molar-refractivity contribution in [3.05, 3.63) is 99.5 Å². The molecule has 7 nitrogen and oxygen atoms in total. The van der Waals surface area contributed by atoms with Gasteiger partial charge in [-0.2, -0.15) is 0 Å². The molecule has 10 heteroatoms. The molecule has 1 saturated carbocycles. The first kappa shape index (κ1) is 33.8. The summed E-state index contributed by atoms with van der Waals surface area (Å²) >= 11 is 13.1. The van der Waals surface area contributed by atoms with Gasteiger partial charge >= 0.3 is 0 Å². The van der Waals surface area contributed by atoms with Gasteiger partial charge in [0.05, 0.1) is 11.9 Å². The van der Waals surface area contributed by atoms with E-state index in [2.05, 4.69) is 5.32 Å². The number of carbonyl (C=O) groups excluding carboxylic acids is 2. The van der Waals surface area contributed by atoms with Crippen LogP contribution < -0.4 is 9.62 Å². The highest BCUT2D eigenvalue weighted by Gasteiger charge is 2.33. The van der Waals surface area contributed by atoms with Crippen LogP contribution >= 0.6 is 23.2 Å². The van der Waals surface area contributed by atoms with Crippen LogP contribution in [-0.2, 0) is 32.6 Å². The zero-order valence-corrected chi connectivity index (χ0v) is 27.7. The molecule has 44 heavy (non-hydrogen) atoms. The van der Waals surface area contributed by atoms with Gasteiger partial charge < -0.3 is 10.2 Å². The molecule has 0 heterocycles. The van der Waals surface area contributed by atoms with Crippen molar-refractivity contribution in [2.75, 3.05) is 17.1 Å². The Morgan fingerprint density at radius 2 is 1.55 bits per heavy atom. The van der Waals surface area contributed by atoms with Gasteiger partial charge in [0.2, 0.25) is 21.8 Å². The van der Waals surface area contributed by atoms with Crippen LogP contribution in [0.25, 0.3) is 0 Å². The van der Waals surface area contributed by atoms with E-state index in [-0.39, 0.29) is 43.8 Å². The number of rotatable bonds is 13. The predicted octanol–water partition coefficient (Wildman–Crippen LogP) is 6.94. The smallest absolute Gasteiger partial charge is 0.243 e. The molecule has 0 aromatic heterocycles. The largest absolute Gasteiger partial charge is 0.352 e. The summed E-state index contributed by atoms with van der Waals surface area (Å²) in [5, 5.41) is 4.04. The molecular weight excluding hydrogens is 617 g/mol. The van der Waals surface area contributed by atoms with Gasteiger partial charge in [-0.05, 0) is 55.5 Å². The normalized spacial score (nSPS) is 14.5. The number of sulfonamides is 1. The lowest BCUT2D eigenvalue weighted by molar-refractivity contribution is -0.141. The van der Waals surface area contributed by atoms with E-state index in [0.717, 1.165) is 43.2 Å². The van der Waals surface area contributed by atoms with Crippen LogP contribution in [0.4, 0.5) is 5.69 Å². The monoisotopic (exact) mass is 657 g/mol. The lowest BCUT2D eigenvalue weighted by atomic mass is 9.94. The summed E-state index contributed by atoms with van der Waals surface area (Å²) in [5.41, 5.74) is 2.88. The number of hydrogen-bond donors (Lipinski definition) is 1. The van der Waals surface area contributed by atoms with Crippen molar-refractivity contribution in [2.24, 2.45) is 0 Å². The Balaban J connectivity index is 1.63. The zero-order valence-electron chi connectivity index (χ0n) is 25.3. The van der Waals surface area contributed by atoms with E-state index in [1.807, 2.05) is 49.4 Å². The van der Waals surface area contributed by atoms with Crippen molar-refractivity contribution in [2.45, 2.75) is 76.9 Å². The molecule has 236 valence electrons. The highest BCUT2D eigenvalue weighted by Crippen LogP contribution is 2.29. The molecule has 0 saturated heterocycles. The molecule has 1 atom stereocenters. The molecule has 0 bridgehead atoms. The Labute approximate surface area is 271 Å². The topological polar surface area (TPSA) is 86.8 Å². The van der Waals surface area contributed by atoms with E-state index in [4.69, 9.17) is 23.2 Å². The zero-order chi connectivity index (χ0) is 31.7. The van der Waals surface area contributed by atoms with Gasteiger partial charge in [0.25, 0.3) is 0 Å². The maximum Gasteiger partial charge on any atom is 0.243 e. The number of anilines is 1. The second-order valence-electron chi connectivity index (χ2n) is 11.5. The first-order chi connectivity index (χ1) is 21.0. The summed E-state index contributed by atoms with van der Waals surface area (Å²) in [6.45, 7) is 2.01. The predicted molar refractivity (Wildman–Crippen MR) is 179 cm³/mol. The van der Waals surface area contributed by atoms with E-state index in [1.54, 1.807) is 35.2 Å². The van der Waals surface area contributed by atoms with Gasteiger partial charge in [-0.3, -0.25) is 13.9 Å². The second-order valence-corrected chi connectivity index (χ2v) is 14.2. The first-order valence-electron chi connectivity index (χ1n) is 15.1. The molecule has 1 N–H and O–H groups in total. The van der Waals surface area contributed by atoms with Crippen molar-refractivity contribution in [3.8, 4) is 0 Å². The molecule has 3 aromatic rings. The fourth-order valence-electron chi connectivity index (χ4n) is 5.78.